The molecule has 3 rings (SSSR count). The van der Waals surface area contributed by atoms with Gasteiger partial charge in [0.1, 0.15) is 18.5 Å². The van der Waals surface area contributed by atoms with Crippen LogP contribution in [0, 0.1) is 6.92 Å². The van der Waals surface area contributed by atoms with Crippen LogP contribution < -0.4 is 5.32 Å². The SMILES string of the molecule is Cc1nc([C@H]2CCCN(C(=O)NCCn3cncn3)C2)n[nH]1. The molecule has 1 fully saturated rings. The van der Waals surface area contributed by atoms with Crippen molar-refractivity contribution in [2.75, 3.05) is 19.6 Å². The number of nitrogens with zero attached hydrogens (tertiary/aromatic N) is 6. The van der Waals surface area contributed by atoms with Gasteiger partial charge in [-0.2, -0.15) is 10.2 Å². The molecule has 2 aromatic heterocycles. The summed E-state index contributed by atoms with van der Waals surface area (Å²) >= 11 is 0. The normalized spacial score (nSPS) is 18.4. The Hall–Kier alpha value is -2.45. The minimum Gasteiger partial charge on any atom is -0.336 e. The minimum absolute atomic E-state index is 0.0444. The molecule has 0 unspecified atom stereocenters. The first-order valence-electron chi connectivity index (χ1n) is 7.46. The Morgan fingerprint density at radius 3 is 3.18 bits per heavy atom. The zero-order valence-electron chi connectivity index (χ0n) is 12.6. The molecule has 22 heavy (non-hydrogen) atoms. The minimum atomic E-state index is -0.0444. The maximum Gasteiger partial charge on any atom is 0.317 e. The Balaban J connectivity index is 1.49. The van der Waals surface area contributed by atoms with Crippen molar-refractivity contribution in [3.8, 4) is 0 Å². The third-order valence-corrected chi connectivity index (χ3v) is 3.77. The van der Waals surface area contributed by atoms with E-state index >= 15 is 0 Å². The van der Waals surface area contributed by atoms with Gasteiger partial charge in [0.15, 0.2) is 5.82 Å². The molecule has 9 nitrogen and oxygen atoms in total. The van der Waals surface area contributed by atoms with Crippen LogP contribution in [0.3, 0.4) is 0 Å². The number of carbonyl (C=O) groups is 1. The molecule has 2 N–H and O–H groups in total. The number of aromatic amines is 1. The second kappa shape index (κ2) is 6.54. The number of aromatic nitrogens is 6. The van der Waals surface area contributed by atoms with Gasteiger partial charge in [0.05, 0.1) is 6.54 Å². The molecule has 2 amide bonds. The van der Waals surface area contributed by atoms with Crippen LogP contribution in [0.15, 0.2) is 12.7 Å². The Kier molecular flexibility index (Phi) is 4.31. The highest BCUT2D eigenvalue weighted by Gasteiger charge is 2.26. The van der Waals surface area contributed by atoms with Crippen LogP contribution in [0.25, 0.3) is 0 Å². The van der Waals surface area contributed by atoms with Crippen LogP contribution >= 0.6 is 0 Å². The van der Waals surface area contributed by atoms with Gasteiger partial charge in [-0.1, -0.05) is 0 Å². The average molecular weight is 304 g/mol. The lowest BCUT2D eigenvalue weighted by Crippen LogP contribution is -2.45. The van der Waals surface area contributed by atoms with Crippen molar-refractivity contribution in [3.63, 3.8) is 0 Å². The quantitative estimate of drug-likeness (QED) is 0.845. The van der Waals surface area contributed by atoms with E-state index in [1.54, 1.807) is 11.0 Å². The lowest BCUT2D eigenvalue weighted by Gasteiger charge is -2.31. The Morgan fingerprint density at radius 1 is 1.55 bits per heavy atom. The molecule has 1 aliphatic rings. The standard InChI is InChI=1S/C13H20N8O/c1-10-17-12(19-18-10)11-3-2-5-20(7-11)13(22)15-4-6-21-9-14-8-16-21/h8-9,11H,2-7H2,1H3,(H,15,22)(H,17,18,19)/t11-/m0/s1. The van der Waals surface area contributed by atoms with Gasteiger partial charge in [0.25, 0.3) is 0 Å². The summed E-state index contributed by atoms with van der Waals surface area (Å²) in [5.41, 5.74) is 0. The van der Waals surface area contributed by atoms with E-state index in [1.807, 2.05) is 11.8 Å². The van der Waals surface area contributed by atoms with E-state index in [1.165, 1.54) is 6.33 Å². The number of piperidine rings is 1. The molecular weight excluding hydrogens is 284 g/mol. The summed E-state index contributed by atoms with van der Waals surface area (Å²) in [6.45, 7) is 4.46. The predicted molar refractivity (Wildman–Crippen MR) is 78.1 cm³/mol. The van der Waals surface area contributed by atoms with Crippen LogP contribution in [-0.4, -0.2) is 60.5 Å². The maximum absolute atomic E-state index is 12.2. The first-order chi connectivity index (χ1) is 10.7. The summed E-state index contributed by atoms with van der Waals surface area (Å²) in [5.74, 6) is 1.82. The summed E-state index contributed by atoms with van der Waals surface area (Å²) in [6.07, 6.45) is 5.10. The third-order valence-electron chi connectivity index (χ3n) is 3.77. The predicted octanol–water partition coefficient (Wildman–Crippen LogP) is 0.294. The highest BCUT2D eigenvalue weighted by molar-refractivity contribution is 5.74. The van der Waals surface area contributed by atoms with Crippen molar-refractivity contribution >= 4 is 6.03 Å². The number of H-pyrrole nitrogens is 1. The number of aryl methyl sites for hydroxylation is 1. The molecule has 0 radical (unpaired) electrons. The van der Waals surface area contributed by atoms with Crippen LogP contribution in [0.2, 0.25) is 0 Å². The molecule has 0 aromatic carbocycles. The Bertz CT molecular complexity index is 607. The van der Waals surface area contributed by atoms with E-state index < -0.39 is 0 Å². The topological polar surface area (TPSA) is 105 Å². The van der Waals surface area contributed by atoms with Crippen molar-refractivity contribution in [2.24, 2.45) is 0 Å². The van der Waals surface area contributed by atoms with Gasteiger partial charge in [-0.05, 0) is 19.8 Å². The molecule has 0 bridgehead atoms. The van der Waals surface area contributed by atoms with Gasteiger partial charge < -0.3 is 10.2 Å². The van der Waals surface area contributed by atoms with Gasteiger partial charge in [-0.25, -0.2) is 14.8 Å². The maximum atomic E-state index is 12.2. The zero-order valence-corrected chi connectivity index (χ0v) is 12.6. The second-order valence-electron chi connectivity index (χ2n) is 5.45. The number of likely N-dealkylation sites (tertiary alicyclic amines) is 1. The first-order valence-corrected chi connectivity index (χ1v) is 7.46. The number of amides is 2. The molecule has 0 aliphatic carbocycles. The molecule has 1 atom stereocenters. The van der Waals surface area contributed by atoms with Gasteiger partial charge in [-0.3, -0.25) is 9.78 Å². The molecule has 1 aliphatic heterocycles. The molecule has 3 heterocycles. The smallest absolute Gasteiger partial charge is 0.317 e. The number of hydrogen-bond donors (Lipinski definition) is 2. The third kappa shape index (κ3) is 3.41. The monoisotopic (exact) mass is 304 g/mol. The molecule has 118 valence electrons. The van der Waals surface area contributed by atoms with Crippen molar-refractivity contribution in [1.82, 2.24) is 40.2 Å². The van der Waals surface area contributed by atoms with Gasteiger partial charge >= 0.3 is 6.03 Å². The van der Waals surface area contributed by atoms with Crippen LogP contribution in [-0.2, 0) is 6.54 Å². The first kappa shape index (κ1) is 14.5. The summed E-state index contributed by atoms with van der Waals surface area (Å²) in [7, 11) is 0. The highest BCUT2D eigenvalue weighted by Crippen LogP contribution is 2.24. The largest absolute Gasteiger partial charge is 0.336 e. The lowest BCUT2D eigenvalue weighted by molar-refractivity contribution is 0.178. The highest BCUT2D eigenvalue weighted by atomic mass is 16.2. The van der Waals surface area contributed by atoms with Crippen molar-refractivity contribution in [2.45, 2.75) is 32.2 Å². The molecule has 0 spiro atoms. The summed E-state index contributed by atoms with van der Waals surface area (Å²) in [4.78, 5) is 22.3. The summed E-state index contributed by atoms with van der Waals surface area (Å²) in [5, 5.41) is 14.0. The summed E-state index contributed by atoms with van der Waals surface area (Å²) < 4.78 is 1.69. The van der Waals surface area contributed by atoms with Crippen molar-refractivity contribution in [3.05, 3.63) is 24.3 Å². The molecule has 0 saturated carbocycles. The van der Waals surface area contributed by atoms with Gasteiger partial charge in [0, 0.05) is 25.6 Å². The molecule has 2 aromatic rings. The van der Waals surface area contributed by atoms with E-state index in [0.29, 0.717) is 19.6 Å². The summed E-state index contributed by atoms with van der Waals surface area (Å²) in [6, 6.07) is -0.0444. The zero-order chi connectivity index (χ0) is 15.4. The van der Waals surface area contributed by atoms with Crippen molar-refractivity contribution < 1.29 is 4.79 Å². The van der Waals surface area contributed by atoms with Crippen LogP contribution in [0.1, 0.15) is 30.4 Å². The lowest BCUT2D eigenvalue weighted by atomic mass is 9.98. The second-order valence-corrected chi connectivity index (χ2v) is 5.45. The van der Waals surface area contributed by atoms with Gasteiger partial charge in [0.2, 0.25) is 0 Å². The number of rotatable bonds is 4. The molecular formula is C13H20N8O. The molecule has 1 saturated heterocycles. The number of carbonyl (C=O) groups excluding carboxylic acids is 1. The van der Waals surface area contributed by atoms with E-state index in [9.17, 15) is 4.79 Å². The molecule has 9 heteroatoms. The van der Waals surface area contributed by atoms with Crippen LogP contribution in [0.5, 0.6) is 0 Å². The van der Waals surface area contributed by atoms with E-state index in [0.717, 1.165) is 31.0 Å². The number of nitrogens with one attached hydrogen (secondary N) is 2. The van der Waals surface area contributed by atoms with E-state index in [-0.39, 0.29) is 11.9 Å². The van der Waals surface area contributed by atoms with Crippen molar-refractivity contribution in [1.29, 1.82) is 0 Å². The van der Waals surface area contributed by atoms with E-state index in [4.69, 9.17) is 0 Å². The van der Waals surface area contributed by atoms with Gasteiger partial charge in [-0.15, -0.1) is 0 Å². The fraction of sp³-hybridized carbons (Fsp3) is 0.615. The Morgan fingerprint density at radius 2 is 2.45 bits per heavy atom. The number of urea groups is 1. The number of hydrogen-bond acceptors (Lipinski definition) is 5. The average Bonchev–Trinajstić information content (AvgIpc) is 3.19. The van der Waals surface area contributed by atoms with E-state index in [2.05, 4.69) is 30.6 Å². The fourth-order valence-corrected chi connectivity index (χ4v) is 2.65. The fourth-order valence-electron chi connectivity index (χ4n) is 2.65. The Labute approximate surface area is 128 Å². The van der Waals surface area contributed by atoms with Crippen LogP contribution in [0.4, 0.5) is 4.79 Å².